The Morgan fingerprint density at radius 3 is 2.72 bits per heavy atom. The normalized spacial score (nSPS) is 17.3. The Bertz CT molecular complexity index is 1260. The summed E-state index contributed by atoms with van der Waals surface area (Å²) in [6.45, 7) is 5.97. The van der Waals surface area contributed by atoms with Crippen molar-refractivity contribution in [2.24, 2.45) is 5.41 Å². The van der Waals surface area contributed by atoms with Crippen LogP contribution in [0.4, 0.5) is 10.1 Å². The number of likely N-dealkylation sites (tertiary alicyclic amines) is 1. The van der Waals surface area contributed by atoms with E-state index in [1.54, 1.807) is 18.3 Å². The first-order valence-electron chi connectivity index (χ1n) is 10.6. The number of aromatic nitrogens is 4. The molecule has 5 rings (SSSR count). The first kappa shape index (κ1) is 20.5. The van der Waals surface area contributed by atoms with E-state index in [1.807, 2.05) is 17.9 Å². The second-order valence-corrected chi connectivity index (χ2v) is 8.67. The summed E-state index contributed by atoms with van der Waals surface area (Å²) >= 11 is 0. The van der Waals surface area contributed by atoms with Gasteiger partial charge in [-0.25, -0.2) is 15.0 Å². The summed E-state index contributed by atoms with van der Waals surface area (Å²) in [6, 6.07) is 5.10. The fraction of sp³-hybridized carbons (Fsp3) is 0.409. The average Bonchev–Trinajstić information content (AvgIpc) is 2.73. The fourth-order valence-corrected chi connectivity index (χ4v) is 4.70. The van der Waals surface area contributed by atoms with E-state index in [9.17, 15) is 14.0 Å². The molecule has 0 aliphatic carbocycles. The van der Waals surface area contributed by atoms with Crippen LogP contribution >= 0.6 is 0 Å². The number of nitrogens with zero attached hydrogens (tertiary/aromatic N) is 5. The zero-order chi connectivity index (χ0) is 22.5. The molecule has 0 atom stereocenters. The van der Waals surface area contributed by atoms with Crippen LogP contribution < -0.4 is 15.8 Å². The molecule has 32 heavy (non-hydrogen) atoms. The van der Waals surface area contributed by atoms with E-state index in [0.29, 0.717) is 29.0 Å². The van der Waals surface area contributed by atoms with Crippen LogP contribution in [-0.2, 0) is 13.0 Å². The summed E-state index contributed by atoms with van der Waals surface area (Å²) in [4.78, 5) is 43.3. The van der Waals surface area contributed by atoms with Crippen LogP contribution in [0.3, 0.4) is 0 Å². The van der Waals surface area contributed by atoms with Crippen LogP contribution in [0.5, 0.6) is 0 Å². The third-order valence-corrected chi connectivity index (χ3v) is 6.22. The van der Waals surface area contributed by atoms with Crippen LogP contribution in [0.1, 0.15) is 28.7 Å². The second-order valence-electron chi connectivity index (χ2n) is 8.67. The Hall–Kier alpha value is -3.40. The summed E-state index contributed by atoms with van der Waals surface area (Å²) in [7, 11) is 1.49. The Labute approximate surface area is 183 Å². The molecular formula is C22H24FN7O2. The molecule has 10 heteroatoms. The molecule has 0 bridgehead atoms. The van der Waals surface area contributed by atoms with Crippen molar-refractivity contribution in [1.82, 2.24) is 30.2 Å². The van der Waals surface area contributed by atoms with Gasteiger partial charge in [0, 0.05) is 51.4 Å². The van der Waals surface area contributed by atoms with Crippen LogP contribution in [0, 0.1) is 11.4 Å². The van der Waals surface area contributed by atoms with Crippen molar-refractivity contribution < 1.29 is 9.18 Å². The predicted octanol–water partition coefficient (Wildman–Crippen LogP) is 1.10. The number of nitrogens with one attached hydrogen (secondary N) is 2. The van der Waals surface area contributed by atoms with E-state index in [4.69, 9.17) is 0 Å². The number of hydrogen-bond acceptors (Lipinski definition) is 7. The maximum atomic E-state index is 14.4. The highest BCUT2D eigenvalue weighted by Crippen LogP contribution is 2.42. The molecule has 2 aliphatic rings. The largest absolute Gasteiger partial charge is 0.366 e. The van der Waals surface area contributed by atoms with Crippen LogP contribution in [0.2, 0.25) is 0 Å². The Morgan fingerprint density at radius 1 is 1.25 bits per heavy atom. The van der Waals surface area contributed by atoms with Crippen molar-refractivity contribution in [3.63, 3.8) is 0 Å². The highest BCUT2D eigenvalue weighted by molar-refractivity contribution is 5.92. The van der Waals surface area contributed by atoms with Crippen molar-refractivity contribution in [3.8, 4) is 0 Å². The van der Waals surface area contributed by atoms with Crippen molar-refractivity contribution in [3.05, 3.63) is 57.6 Å². The Morgan fingerprint density at radius 2 is 2.03 bits per heavy atom. The second kappa shape index (κ2) is 7.63. The van der Waals surface area contributed by atoms with E-state index in [2.05, 4.69) is 30.2 Å². The SMILES string of the molecule is CCc1nc2ncc(CN3CC4(C3)CN(c3ccc(C(=O)NC)nc3F)C4)cc2[nH]c1=O. The zero-order valence-corrected chi connectivity index (χ0v) is 18.0. The monoisotopic (exact) mass is 437 g/mol. The maximum Gasteiger partial charge on any atom is 0.270 e. The van der Waals surface area contributed by atoms with Crippen molar-refractivity contribution in [2.75, 3.05) is 38.1 Å². The number of hydrogen-bond donors (Lipinski definition) is 2. The summed E-state index contributed by atoms with van der Waals surface area (Å²) in [5.41, 5.74) is 3.21. The van der Waals surface area contributed by atoms with Gasteiger partial charge in [0.15, 0.2) is 5.65 Å². The lowest BCUT2D eigenvalue weighted by molar-refractivity contribution is -0.0276. The summed E-state index contributed by atoms with van der Waals surface area (Å²) in [6.07, 6.45) is 2.37. The summed E-state index contributed by atoms with van der Waals surface area (Å²) in [5.74, 6) is -1.02. The Balaban J connectivity index is 1.19. The molecule has 1 spiro atoms. The number of fused-ring (bicyclic) bond motifs is 1. The molecule has 0 unspecified atom stereocenters. The number of rotatable bonds is 5. The minimum atomic E-state index is -0.617. The molecule has 0 aromatic carbocycles. The first-order valence-corrected chi connectivity index (χ1v) is 10.6. The molecule has 9 nitrogen and oxygen atoms in total. The molecule has 0 radical (unpaired) electrons. The van der Waals surface area contributed by atoms with E-state index in [0.717, 1.165) is 38.3 Å². The molecule has 3 aromatic heterocycles. The van der Waals surface area contributed by atoms with Gasteiger partial charge in [-0.2, -0.15) is 4.39 Å². The minimum absolute atomic E-state index is 0.0743. The van der Waals surface area contributed by atoms with Gasteiger partial charge in [0.2, 0.25) is 5.95 Å². The number of anilines is 1. The van der Waals surface area contributed by atoms with Gasteiger partial charge in [0.1, 0.15) is 11.4 Å². The number of pyridine rings is 2. The van der Waals surface area contributed by atoms with Gasteiger partial charge < -0.3 is 15.2 Å². The molecule has 166 valence electrons. The molecule has 0 saturated carbocycles. The quantitative estimate of drug-likeness (QED) is 0.576. The third kappa shape index (κ3) is 3.50. The highest BCUT2D eigenvalue weighted by Gasteiger charge is 2.52. The van der Waals surface area contributed by atoms with Crippen molar-refractivity contribution in [2.45, 2.75) is 19.9 Å². The lowest BCUT2D eigenvalue weighted by atomic mass is 9.72. The zero-order valence-electron chi connectivity index (χ0n) is 18.0. The van der Waals surface area contributed by atoms with Crippen LogP contribution in [-0.4, -0.2) is 64.0 Å². The summed E-state index contributed by atoms with van der Waals surface area (Å²) in [5, 5.41) is 2.45. The van der Waals surface area contributed by atoms with E-state index >= 15 is 0 Å². The molecule has 2 fully saturated rings. The summed E-state index contributed by atoms with van der Waals surface area (Å²) < 4.78 is 14.4. The number of halogens is 1. The van der Waals surface area contributed by atoms with Gasteiger partial charge in [-0.15, -0.1) is 0 Å². The number of carbonyl (C=O) groups is 1. The molecule has 2 saturated heterocycles. The Kier molecular flexibility index (Phi) is 4.89. The van der Waals surface area contributed by atoms with E-state index < -0.39 is 11.9 Å². The predicted molar refractivity (Wildman–Crippen MR) is 117 cm³/mol. The number of aromatic amines is 1. The third-order valence-electron chi connectivity index (χ3n) is 6.22. The van der Waals surface area contributed by atoms with Crippen molar-refractivity contribution in [1.29, 1.82) is 0 Å². The molecular weight excluding hydrogens is 413 g/mol. The number of amides is 1. The number of H-pyrrole nitrogens is 1. The van der Waals surface area contributed by atoms with Gasteiger partial charge in [-0.3, -0.25) is 14.5 Å². The van der Waals surface area contributed by atoms with Crippen LogP contribution in [0.25, 0.3) is 11.2 Å². The van der Waals surface area contributed by atoms with Gasteiger partial charge in [-0.1, -0.05) is 6.92 Å². The van der Waals surface area contributed by atoms with Crippen molar-refractivity contribution >= 4 is 22.8 Å². The number of carbonyl (C=O) groups excluding carboxylic acids is 1. The molecule has 5 heterocycles. The van der Waals surface area contributed by atoms with Crippen LogP contribution in [0.15, 0.2) is 29.2 Å². The van der Waals surface area contributed by atoms with Gasteiger partial charge >= 0.3 is 0 Å². The smallest absolute Gasteiger partial charge is 0.270 e. The van der Waals surface area contributed by atoms with E-state index in [-0.39, 0.29) is 16.7 Å². The molecule has 3 aromatic rings. The first-order chi connectivity index (χ1) is 15.4. The molecule has 2 aliphatic heterocycles. The maximum absolute atomic E-state index is 14.4. The minimum Gasteiger partial charge on any atom is -0.366 e. The molecule has 1 amide bonds. The lowest BCUT2D eigenvalue weighted by Crippen LogP contribution is -2.72. The van der Waals surface area contributed by atoms with Gasteiger partial charge in [0.05, 0.1) is 11.2 Å². The van der Waals surface area contributed by atoms with Gasteiger partial charge in [-0.05, 0) is 30.2 Å². The number of aryl methyl sites for hydroxylation is 1. The highest BCUT2D eigenvalue weighted by atomic mass is 19.1. The van der Waals surface area contributed by atoms with E-state index in [1.165, 1.54) is 7.05 Å². The topological polar surface area (TPSA) is 107 Å². The molecule has 2 N–H and O–H groups in total. The standard InChI is InChI=1S/C22H24FN7O2/c1-3-14-21(32)28-16-6-13(7-25-19(16)27-14)8-29-9-22(10-29)11-30(12-22)17-5-4-15(20(31)24-2)26-18(17)23/h4-7H,3,8-12H2,1-2H3,(H,24,31)(H,28,32). The fourth-order valence-electron chi connectivity index (χ4n) is 4.70. The average molecular weight is 437 g/mol. The van der Waals surface area contributed by atoms with Gasteiger partial charge in [0.25, 0.3) is 11.5 Å². The lowest BCUT2D eigenvalue weighted by Gasteiger charge is -2.61.